The maximum atomic E-state index is 12.2. The van der Waals surface area contributed by atoms with E-state index in [1.807, 2.05) is 12.3 Å². The predicted octanol–water partition coefficient (Wildman–Crippen LogP) is 3.03. The molecule has 0 fully saturated rings. The zero-order chi connectivity index (χ0) is 16.6. The van der Waals surface area contributed by atoms with E-state index in [1.165, 1.54) is 17.4 Å². The molecule has 1 aliphatic rings. The summed E-state index contributed by atoms with van der Waals surface area (Å²) in [5.74, 6) is -0.121. The minimum atomic E-state index is -0.411. The fourth-order valence-electron chi connectivity index (χ4n) is 2.64. The molecule has 6 nitrogen and oxygen atoms in total. The standard InChI is InChI=1S/C16H15N3O3S/c1-3-10-9-23-16-14(10)15(17-8-13(20)18(16)2)11-6-4-5-7-12(11)19(21)22/h4-7,9H,3,8H2,1-2H3. The van der Waals surface area contributed by atoms with Crippen molar-refractivity contribution in [1.29, 1.82) is 0 Å². The van der Waals surface area contributed by atoms with Crippen LogP contribution >= 0.6 is 11.3 Å². The Balaban J connectivity index is 2.28. The second-order valence-electron chi connectivity index (χ2n) is 5.19. The first-order valence-electron chi connectivity index (χ1n) is 7.20. The van der Waals surface area contributed by atoms with Gasteiger partial charge in [-0.2, -0.15) is 0 Å². The van der Waals surface area contributed by atoms with Crippen LogP contribution in [0.1, 0.15) is 23.6 Å². The normalized spacial score (nSPS) is 14.3. The molecule has 2 aromatic rings. The first kappa shape index (κ1) is 15.4. The summed E-state index contributed by atoms with van der Waals surface area (Å²) in [6.45, 7) is 2.01. The lowest BCUT2D eigenvalue weighted by atomic mass is 9.98. The van der Waals surface area contributed by atoms with Crippen LogP contribution in [0.15, 0.2) is 34.6 Å². The van der Waals surface area contributed by atoms with Gasteiger partial charge in [0.15, 0.2) is 0 Å². The molecule has 118 valence electrons. The number of carbonyl (C=O) groups is 1. The Kier molecular flexibility index (Phi) is 3.96. The number of nitro benzene ring substituents is 1. The molecule has 1 aromatic carbocycles. The van der Waals surface area contributed by atoms with Gasteiger partial charge in [0.25, 0.3) is 5.69 Å². The van der Waals surface area contributed by atoms with Crippen LogP contribution in [0, 0.1) is 10.1 Å². The van der Waals surface area contributed by atoms with Crippen LogP contribution in [0.5, 0.6) is 0 Å². The average Bonchev–Trinajstić information content (AvgIpc) is 2.93. The van der Waals surface area contributed by atoms with E-state index in [1.54, 1.807) is 30.1 Å². The second kappa shape index (κ2) is 5.92. The first-order chi connectivity index (χ1) is 11.0. The molecule has 0 N–H and O–H groups in total. The molecule has 1 amide bonds. The number of benzene rings is 1. The Morgan fingerprint density at radius 2 is 2.13 bits per heavy atom. The van der Waals surface area contributed by atoms with Gasteiger partial charge >= 0.3 is 0 Å². The number of aliphatic imine (C=N–C) groups is 1. The van der Waals surface area contributed by atoms with E-state index in [0.717, 1.165) is 22.5 Å². The van der Waals surface area contributed by atoms with Crippen LogP contribution in [0.2, 0.25) is 0 Å². The number of hydrogen-bond donors (Lipinski definition) is 0. The van der Waals surface area contributed by atoms with Crippen LogP contribution < -0.4 is 4.90 Å². The van der Waals surface area contributed by atoms with Crippen molar-refractivity contribution >= 4 is 33.6 Å². The van der Waals surface area contributed by atoms with Gasteiger partial charge in [-0.1, -0.05) is 19.1 Å². The third kappa shape index (κ3) is 2.53. The first-order valence-corrected chi connectivity index (χ1v) is 8.08. The fourth-order valence-corrected chi connectivity index (χ4v) is 3.78. The minimum absolute atomic E-state index is 0.00227. The molecule has 0 atom stereocenters. The lowest BCUT2D eigenvalue weighted by Gasteiger charge is -2.14. The predicted molar refractivity (Wildman–Crippen MR) is 90.7 cm³/mol. The van der Waals surface area contributed by atoms with Crippen molar-refractivity contribution in [2.75, 3.05) is 18.5 Å². The maximum absolute atomic E-state index is 12.2. The molecule has 3 rings (SSSR count). The molecule has 0 spiro atoms. The summed E-state index contributed by atoms with van der Waals surface area (Å²) in [5, 5.41) is 14.1. The number of thiophene rings is 1. The van der Waals surface area contributed by atoms with Crippen LogP contribution in [0.4, 0.5) is 10.7 Å². The van der Waals surface area contributed by atoms with E-state index in [9.17, 15) is 14.9 Å². The highest BCUT2D eigenvalue weighted by Gasteiger charge is 2.29. The van der Waals surface area contributed by atoms with Gasteiger partial charge in [-0.3, -0.25) is 19.9 Å². The lowest BCUT2D eigenvalue weighted by Crippen LogP contribution is -2.26. The number of amides is 1. The molecule has 1 aliphatic heterocycles. The highest BCUT2D eigenvalue weighted by molar-refractivity contribution is 7.15. The van der Waals surface area contributed by atoms with Gasteiger partial charge in [0.1, 0.15) is 11.5 Å². The van der Waals surface area contributed by atoms with E-state index >= 15 is 0 Å². The van der Waals surface area contributed by atoms with Gasteiger partial charge < -0.3 is 4.90 Å². The Labute approximate surface area is 137 Å². The summed E-state index contributed by atoms with van der Waals surface area (Å²) in [7, 11) is 1.72. The van der Waals surface area contributed by atoms with Crippen molar-refractivity contribution in [1.82, 2.24) is 0 Å². The third-order valence-corrected chi connectivity index (χ3v) is 4.98. The number of hydrogen-bond acceptors (Lipinski definition) is 5. The van der Waals surface area contributed by atoms with E-state index < -0.39 is 4.92 Å². The van der Waals surface area contributed by atoms with Gasteiger partial charge in [-0.25, -0.2) is 0 Å². The molecule has 23 heavy (non-hydrogen) atoms. The molecular formula is C16H15N3O3S. The Bertz CT molecular complexity index is 826. The van der Waals surface area contributed by atoms with Crippen molar-refractivity contribution in [3.63, 3.8) is 0 Å². The monoisotopic (exact) mass is 329 g/mol. The van der Waals surface area contributed by atoms with Crippen molar-refractivity contribution < 1.29 is 9.72 Å². The van der Waals surface area contributed by atoms with E-state index in [2.05, 4.69) is 4.99 Å². The molecule has 0 bridgehead atoms. The average molecular weight is 329 g/mol. The summed E-state index contributed by atoms with van der Waals surface area (Å²) in [6, 6.07) is 6.53. The maximum Gasteiger partial charge on any atom is 0.278 e. The highest BCUT2D eigenvalue weighted by atomic mass is 32.1. The zero-order valence-corrected chi connectivity index (χ0v) is 13.6. The molecule has 0 radical (unpaired) electrons. The number of aryl methyl sites for hydroxylation is 1. The summed E-state index contributed by atoms with van der Waals surface area (Å²) >= 11 is 1.47. The number of rotatable bonds is 3. The number of carbonyl (C=O) groups excluding carboxylic acids is 1. The van der Waals surface area contributed by atoms with Crippen molar-refractivity contribution in [3.05, 3.63) is 56.5 Å². The zero-order valence-electron chi connectivity index (χ0n) is 12.8. The Morgan fingerprint density at radius 1 is 1.39 bits per heavy atom. The minimum Gasteiger partial charge on any atom is -0.305 e. The van der Waals surface area contributed by atoms with Crippen molar-refractivity contribution in [2.24, 2.45) is 4.99 Å². The number of para-hydroxylation sites is 1. The van der Waals surface area contributed by atoms with Crippen LogP contribution in [0.3, 0.4) is 0 Å². The molecule has 7 heteroatoms. The molecule has 0 aliphatic carbocycles. The van der Waals surface area contributed by atoms with Gasteiger partial charge in [-0.15, -0.1) is 11.3 Å². The van der Waals surface area contributed by atoms with E-state index in [-0.39, 0.29) is 18.1 Å². The molecule has 0 saturated carbocycles. The van der Waals surface area contributed by atoms with Crippen molar-refractivity contribution in [3.8, 4) is 0 Å². The highest BCUT2D eigenvalue weighted by Crippen LogP contribution is 2.36. The van der Waals surface area contributed by atoms with Gasteiger partial charge in [0, 0.05) is 18.7 Å². The van der Waals surface area contributed by atoms with Crippen LogP contribution in [-0.2, 0) is 11.2 Å². The Hall–Kier alpha value is -2.54. The lowest BCUT2D eigenvalue weighted by molar-refractivity contribution is -0.385. The molecule has 2 heterocycles. The molecule has 0 saturated heterocycles. The number of nitro groups is 1. The topological polar surface area (TPSA) is 75.8 Å². The Morgan fingerprint density at radius 3 is 2.83 bits per heavy atom. The fraction of sp³-hybridized carbons (Fsp3) is 0.250. The van der Waals surface area contributed by atoms with Crippen LogP contribution in [-0.4, -0.2) is 30.1 Å². The van der Waals surface area contributed by atoms with E-state index in [0.29, 0.717) is 11.3 Å². The molecular weight excluding hydrogens is 314 g/mol. The van der Waals surface area contributed by atoms with Gasteiger partial charge in [-0.05, 0) is 23.4 Å². The number of nitrogens with zero attached hydrogens (tertiary/aromatic N) is 3. The van der Waals surface area contributed by atoms with Crippen molar-refractivity contribution in [2.45, 2.75) is 13.3 Å². The second-order valence-corrected chi connectivity index (χ2v) is 6.04. The summed E-state index contributed by atoms with van der Waals surface area (Å²) in [5.41, 5.74) is 2.86. The quantitative estimate of drug-likeness (QED) is 0.641. The van der Waals surface area contributed by atoms with E-state index in [4.69, 9.17) is 0 Å². The molecule has 0 unspecified atom stereocenters. The number of fused-ring (bicyclic) bond motifs is 1. The number of anilines is 1. The largest absolute Gasteiger partial charge is 0.305 e. The van der Waals surface area contributed by atoms with Gasteiger partial charge in [0.2, 0.25) is 5.91 Å². The summed E-state index contributed by atoms with van der Waals surface area (Å²) in [4.78, 5) is 29.1. The summed E-state index contributed by atoms with van der Waals surface area (Å²) < 4.78 is 0. The SMILES string of the molecule is CCc1csc2c1C(c1ccccc1[N+](=O)[O-])=NCC(=O)N2C. The smallest absolute Gasteiger partial charge is 0.278 e. The molecule has 1 aromatic heterocycles. The van der Waals surface area contributed by atoms with Gasteiger partial charge in [0.05, 0.1) is 16.2 Å². The summed E-state index contributed by atoms with van der Waals surface area (Å²) in [6.07, 6.45) is 0.771. The third-order valence-electron chi connectivity index (χ3n) is 3.87. The van der Waals surface area contributed by atoms with Crippen LogP contribution in [0.25, 0.3) is 0 Å². The number of likely N-dealkylation sites (N-methyl/N-ethyl adjacent to an activating group) is 1.